The van der Waals surface area contributed by atoms with Crippen LogP contribution < -0.4 is 10.5 Å². The van der Waals surface area contributed by atoms with Gasteiger partial charge in [0.1, 0.15) is 6.10 Å². The van der Waals surface area contributed by atoms with Crippen molar-refractivity contribution in [2.75, 3.05) is 13.1 Å². The van der Waals surface area contributed by atoms with E-state index >= 15 is 0 Å². The number of likely N-dealkylation sites (tertiary alicyclic amines) is 1. The van der Waals surface area contributed by atoms with Gasteiger partial charge in [-0.1, -0.05) is 12.1 Å². The van der Waals surface area contributed by atoms with E-state index in [1.807, 2.05) is 4.90 Å². The summed E-state index contributed by atoms with van der Waals surface area (Å²) < 4.78 is 19.3. The van der Waals surface area contributed by atoms with Crippen LogP contribution in [0.1, 0.15) is 25.7 Å². The quantitative estimate of drug-likeness (QED) is 0.879. The van der Waals surface area contributed by atoms with Crippen LogP contribution in [0.2, 0.25) is 0 Å². The molecule has 3 N–H and O–H groups in total. The third kappa shape index (κ3) is 3.64. The number of hydrogen-bond donors (Lipinski definition) is 2. The normalized spacial score (nSPS) is 28.8. The van der Waals surface area contributed by atoms with Crippen molar-refractivity contribution in [3.8, 4) is 5.75 Å². The van der Waals surface area contributed by atoms with E-state index in [2.05, 4.69) is 0 Å². The van der Waals surface area contributed by atoms with Gasteiger partial charge in [0.2, 0.25) is 5.91 Å². The van der Waals surface area contributed by atoms with Crippen molar-refractivity contribution >= 4 is 5.91 Å². The van der Waals surface area contributed by atoms with Crippen LogP contribution in [0.25, 0.3) is 0 Å². The molecular weight excluding hydrogens is 299 g/mol. The summed E-state index contributed by atoms with van der Waals surface area (Å²) in [7, 11) is 0. The van der Waals surface area contributed by atoms with Gasteiger partial charge in [-0.15, -0.1) is 0 Å². The van der Waals surface area contributed by atoms with Gasteiger partial charge in [-0.25, -0.2) is 4.39 Å². The van der Waals surface area contributed by atoms with E-state index in [0.29, 0.717) is 38.8 Å². The summed E-state index contributed by atoms with van der Waals surface area (Å²) in [6.45, 7) is 1.19. The third-order valence-electron chi connectivity index (χ3n) is 4.81. The van der Waals surface area contributed by atoms with E-state index in [0.717, 1.165) is 0 Å². The Balaban J connectivity index is 1.51. The van der Waals surface area contributed by atoms with Crippen molar-refractivity contribution in [3.05, 3.63) is 30.1 Å². The Morgan fingerprint density at radius 1 is 1.26 bits per heavy atom. The van der Waals surface area contributed by atoms with Gasteiger partial charge in [-0.2, -0.15) is 0 Å². The molecule has 1 aromatic carbocycles. The number of nitrogens with two attached hydrogens (primary N) is 1. The molecule has 0 unspecified atom stereocenters. The van der Waals surface area contributed by atoms with Gasteiger partial charge in [0.05, 0.1) is 6.10 Å². The second-order valence-electron chi connectivity index (χ2n) is 6.47. The van der Waals surface area contributed by atoms with Crippen LogP contribution in [0.4, 0.5) is 4.39 Å². The first kappa shape index (κ1) is 16.2. The van der Waals surface area contributed by atoms with Crippen LogP contribution in [-0.4, -0.2) is 47.3 Å². The minimum atomic E-state index is -0.578. The lowest BCUT2D eigenvalue weighted by atomic mass is 10.0. The number of amides is 1. The monoisotopic (exact) mass is 322 g/mol. The van der Waals surface area contributed by atoms with Crippen LogP contribution in [-0.2, 0) is 4.79 Å². The highest BCUT2D eigenvalue weighted by molar-refractivity contribution is 5.79. The molecule has 1 saturated carbocycles. The lowest BCUT2D eigenvalue weighted by Crippen LogP contribution is -2.44. The molecule has 3 atom stereocenters. The van der Waals surface area contributed by atoms with Crippen LogP contribution in [0.5, 0.6) is 5.75 Å². The molecule has 1 heterocycles. The molecule has 6 heteroatoms. The zero-order valence-corrected chi connectivity index (χ0v) is 13.0. The average Bonchev–Trinajstić information content (AvgIpc) is 2.89. The Morgan fingerprint density at radius 3 is 2.57 bits per heavy atom. The van der Waals surface area contributed by atoms with Crippen molar-refractivity contribution in [2.45, 2.75) is 43.9 Å². The molecule has 0 radical (unpaired) electrons. The number of hydrogen-bond acceptors (Lipinski definition) is 4. The highest BCUT2D eigenvalue weighted by atomic mass is 19.1. The van der Waals surface area contributed by atoms with Crippen molar-refractivity contribution in [3.63, 3.8) is 0 Å². The number of nitrogens with zero attached hydrogens (tertiary/aromatic N) is 1. The van der Waals surface area contributed by atoms with Crippen LogP contribution in [0.3, 0.4) is 0 Å². The fourth-order valence-electron chi connectivity index (χ4n) is 3.42. The summed E-state index contributed by atoms with van der Waals surface area (Å²) in [5.74, 6) is -0.201. The van der Waals surface area contributed by atoms with Crippen LogP contribution in [0, 0.1) is 11.7 Å². The first-order valence-electron chi connectivity index (χ1n) is 8.18. The predicted octanol–water partition coefficient (Wildman–Crippen LogP) is 1.29. The van der Waals surface area contributed by atoms with E-state index in [-0.39, 0.29) is 35.5 Å². The molecule has 1 saturated heterocycles. The second-order valence-corrected chi connectivity index (χ2v) is 6.47. The molecule has 0 bridgehead atoms. The molecular formula is C17H23FN2O3. The molecule has 1 aliphatic carbocycles. The maximum atomic E-state index is 13.6. The van der Waals surface area contributed by atoms with Gasteiger partial charge in [0.25, 0.3) is 0 Å². The zero-order valence-electron chi connectivity index (χ0n) is 13.0. The number of halogens is 1. The summed E-state index contributed by atoms with van der Waals surface area (Å²) in [5, 5.41) is 9.70. The Labute approximate surface area is 135 Å². The predicted molar refractivity (Wildman–Crippen MR) is 83.3 cm³/mol. The SMILES string of the molecule is N[C@H]1C[C@H](C(=O)N2CCC(Oc3ccccc3F)CC2)C[C@@H]1O. The Bertz CT molecular complexity index is 551. The summed E-state index contributed by atoms with van der Waals surface area (Å²) in [5.41, 5.74) is 5.78. The Hall–Kier alpha value is -1.66. The molecule has 3 rings (SSSR count). The number of carbonyl (C=O) groups is 1. The van der Waals surface area contributed by atoms with Gasteiger partial charge >= 0.3 is 0 Å². The first-order valence-corrected chi connectivity index (χ1v) is 8.18. The van der Waals surface area contributed by atoms with Crippen molar-refractivity contribution < 1.29 is 19.0 Å². The number of ether oxygens (including phenoxy) is 1. The van der Waals surface area contributed by atoms with Crippen LogP contribution >= 0.6 is 0 Å². The first-order chi connectivity index (χ1) is 11.0. The Kier molecular flexibility index (Phi) is 4.82. The molecule has 23 heavy (non-hydrogen) atoms. The lowest BCUT2D eigenvalue weighted by Gasteiger charge is -2.33. The maximum absolute atomic E-state index is 13.6. The number of para-hydroxylation sites is 1. The standard InChI is InChI=1S/C17H23FN2O3/c18-13-3-1-2-4-16(13)23-12-5-7-20(8-6-12)17(22)11-9-14(19)15(21)10-11/h1-4,11-12,14-15,21H,5-10,19H2/t11-,14-,15-/m0/s1. The number of rotatable bonds is 3. The lowest BCUT2D eigenvalue weighted by molar-refractivity contribution is -0.137. The smallest absolute Gasteiger partial charge is 0.225 e. The zero-order chi connectivity index (χ0) is 16.4. The highest BCUT2D eigenvalue weighted by Gasteiger charge is 2.37. The van der Waals surface area contributed by atoms with E-state index in [1.165, 1.54) is 6.07 Å². The van der Waals surface area contributed by atoms with E-state index in [1.54, 1.807) is 18.2 Å². The minimum absolute atomic E-state index is 0.0707. The fourth-order valence-corrected chi connectivity index (χ4v) is 3.42. The van der Waals surface area contributed by atoms with Gasteiger partial charge in [-0.3, -0.25) is 4.79 Å². The molecule has 0 aromatic heterocycles. The molecule has 0 spiro atoms. The number of aliphatic hydroxyl groups excluding tert-OH is 1. The molecule has 126 valence electrons. The maximum Gasteiger partial charge on any atom is 0.225 e. The second kappa shape index (κ2) is 6.84. The highest BCUT2D eigenvalue weighted by Crippen LogP contribution is 2.28. The van der Waals surface area contributed by atoms with E-state index in [4.69, 9.17) is 10.5 Å². The average molecular weight is 322 g/mol. The van der Waals surface area contributed by atoms with E-state index in [9.17, 15) is 14.3 Å². The van der Waals surface area contributed by atoms with Crippen molar-refractivity contribution in [2.24, 2.45) is 11.7 Å². The van der Waals surface area contributed by atoms with Crippen molar-refractivity contribution in [1.82, 2.24) is 4.90 Å². The molecule has 1 amide bonds. The van der Waals surface area contributed by atoms with E-state index < -0.39 is 6.10 Å². The topological polar surface area (TPSA) is 75.8 Å². The molecule has 2 fully saturated rings. The Morgan fingerprint density at radius 2 is 1.96 bits per heavy atom. The number of carbonyl (C=O) groups excluding carboxylic acids is 1. The van der Waals surface area contributed by atoms with Gasteiger partial charge in [-0.05, 0) is 25.0 Å². The van der Waals surface area contributed by atoms with Gasteiger partial charge in [0, 0.05) is 37.9 Å². The molecule has 1 aromatic rings. The molecule has 2 aliphatic rings. The fraction of sp³-hybridized carbons (Fsp3) is 0.588. The molecule has 1 aliphatic heterocycles. The van der Waals surface area contributed by atoms with Crippen LogP contribution in [0.15, 0.2) is 24.3 Å². The van der Waals surface area contributed by atoms with Crippen molar-refractivity contribution in [1.29, 1.82) is 0 Å². The number of piperidine rings is 1. The number of aliphatic hydroxyl groups is 1. The number of benzene rings is 1. The van der Waals surface area contributed by atoms with Gasteiger partial charge in [0.15, 0.2) is 11.6 Å². The molecule has 5 nitrogen and oxygen atoms in total. The van der Waals surface area contributed by atoms with Gasteiger partial charge < -0.3 is 20.5 Å². The summed E-state index contributed by atoms with van der Waals surface area (Å²) >= 11 is 0. The third-order valence-corrected chi connectivity index (χ3v) is 4.81. The minimum Gasteiger partial charge on any atom is -0.487 e. The summed E-state index contributed by atoms with van der Waals surface area (Å²) in [6, 6.07) is 6.07. The summed E-state index contributed by atoms with van der Waals surface area (Å²) in [4.78, 5) is 14.3. The summed E-state index contributed by atoms with van der Waals surface area (Å²) in [6.07, 6.45) is 1.71. The largest absolute Gasteiger partial charge is 0.487 e.